The smallest absolute Gasteiger partial charge is 0.273 e. The molecule has 2 amide bonds. The van der Waals surface area contributed by atoms with Gasteiger partial charge < -0.3 is 14.8 Å². The molecule has 0 aliphatic carbocycles. The number of carbonyl (C=O) groups excluding carboxylic acids is 2. The third-order valence-corrected chi connectivity index (χ3v) is 4.58. The van der Waals surface area contributed by atoms with Crippen molar-refractivity contribution in [1.82, 2.24) is 5.43 Å². The molecule has 3 aromatic rings. The Morgan fingerprint density at radius 3 is 2.47 bits per heavy atom. The molecule has 0 spiro atoms. The third-order valence-electron chi connectivity index (χ3n) is 4.35. The van der Waals surface area contributed by atoms with Gasteiger partial charge in [-0.2, -0.15) is 5.10 Å². The Balaban J connectivity index is 1.78. The van der Waals surface area contributed by atoms with E-state index >= 15 is 0 Å². The van der Waals surface area contributed by atoms with Crippen molar-refractivity contribution >= 4 is 35.3 Å². The lowest BCUT2D eigenvalue weighted by Crippen LogP contribution is -2.21. The summed E-state index contributed by atoms with van der Waals surface area (Å²) in [7, 11) is 2.96. The number of rotatable bonds is 7. The van der Waals surface area contributed by atoms with Crippen molar-refractivity contribution in [3.63, 3.8) is 0 Å². The number of benzene rings is 3. The average Bonchev–Trinajstić information content (AvgIpc) is 2.79. The van der Waals surface area contributed by atoms with Gasteiger partial charge in [-0.15, -0.1) is 0 Å². The first-order valence-corrected chi connectivity index (χ1v) is 9.71. The van der Waals surface area contributed by atoms with Crippen LogP contribution in [0, 0.1) is 5.82 Å². The Labute approximate surface area is 188 Å². The van der Waals surface area contributed by atoms with E-state index in [0.717, 1.165) is 0 Å². The molecule has 0 bridgehead atoms. The summed E-state index contributed by atoms with van der Waals surface area (Å²) < 4.78 is 23.6. The number of ether oxygens (including phenoxy) is 2. The summed E-state index contributed by atoms with van der Waals surface area (Å²) in [6.45, 7) is 0. The molecular weight excluding hydrogens is 437 g/mol. The third kappa shape index (κ3) is 5.61. The van der Waals surface area contributed by atoms with Crippen LogP contribution in [0.4, 0.5) is 10.1 Å². The molecule has 0 saturated heterocycles. The SMILES string of the molecule is COc1ccc(C(=O)Nc2ccc(Cl)cc2C(=O)NN=Cc2cccc(F)c2)cc1OC. The van der Waals surface area contributed by atoms with Crippen LogP contribution in [0.2, 0.25) is 5.02 Å². The fraction of sp³-hybridized carbons (Fsp3) is 0.0870. The van der Waals surface area contributed by atoms with Gasteiger partial charge in [-0.3, -0.25) is 9.59 Å². The van der Waals surface area contributed by atoms with Crippen LogP contribution in [0.3, 0.4) is 0 Å². The first-order chi connectivity index (χ1) is 15.4. The molecule has 0 aliphatic rings. The van der Waals surface area contributed by atoms with Crippen LogP contribution < -0.4 is 20.2 Å². The molecule has 7 nitrogen and oxygen atoms in total. The van der Waals surface area contributed by atoms with Gasteiger partial charge >= 0.3 is 0 Å². The fourth-order valence-electron chi connectivity index (χ4n) is 2.80. The summed E-state index contributed by atoms with van der Waals surface area (Å²) in [5, 5.41) is 6.81. The highest BCUT2D eigenvalue weighted by molar-refractivity contribution is 6.31. The van der Waals surface area contributed by atoms with Crippen LogP contribution in [-0.4, -0.2) is 32.2 Å². The highest BCUT2D eigenvalue weighted by Gasteiger charge is 2.16. The van der Waals surface area contributed by atoms with Crippen LogP contribution in [0.15, 0.2) is 65.8 Å². The highest BCUT2D eigenvalue weighted by Crippen LogP contribution is 2.28. The number of carbonyl (C=O) groups is 2. The minimum absolute atomic E-state index is 0.0997. The Morgan fingerprint density at radius 2 is 1.75 bits per heavy atom. The van der Waals surface area contributed by atoms with E-state index in [1.54, 1.807) is 24.3 Å². The number of methoxy groups -OCH3 is 2. The number of anilines is 1. The molecule has 0 saturated carbocycles. The first kappa shape index (κ1) is 22.8. The Morgan fingerprint density at radius 1 is 0.969 bits per heavy atom. The lowest BCUT2D eigenvalue weighted by Gasteiger charge is -2.12. The fourth-order valence-corrected chi connectivity index (χ4v) is 2.97. The van der Waals surface area contributed by atoms with Crippen LogP contribution in [-0.2, 0) is 0 Å². The topological polar surface area (TPSA) is 89.0 Å². The quantitative estimate of drug-likeness (QED) is 0.405. The maximum atomic E-state index is 13.2. The maximum absolute atomic E-state index is 13.2. The minimum Gasteiger partial charge on any atom is -0.493 e. The van der Waals surface area contributed by atoms with Crippen molar-refractivity contribution in [2.24, 2.45) is 5.10 Å². The predicted molar refractivity (Wildman–Crippen MR) is 120 cm³/mol. The van der Waals surface area contributed by atoms with E-state index in [4.69, 9.17) is 21.1 Å². The normalized spacial score (nSPS) is 10.6. The molecule has 32 heavy (non-hydrogen) atoms. The lowest BCUT2D eigenvalue weighted by molar-refractivity contribution is 0.0956. The molecule has 0 unspecified atom stereocenters. The first-order valence-electron chi connectivity index (χ1n) is 9.33. The summed E-state index contributed by atoms with van der Waals surface area (Å²) in [5.41, 5.74) is 3.44. The molecule has 3 aromatic carbocycles. The molecule has 0 heterocycles. The molecule has 0 fully saturated rings. The van der Waals surface area contributed by atoms with Gasteiger partial charge in [0.15, 0.2) is 11.5 Å². The number of amides is 2. The standard InChI is InChI=1S/C23H19ClFN3O4/c1-31-20-9-6-15(11-21(20)32-2)22(29)27-19-8-7-16(24)12-18(19)23(30)28-26-13-14-4-3-5-17(25)10-14/h3-13H,1-2H3,(H,27,29)(H,28,30). The molecule has 9 heteroatoms. The predicted octanol–water partition coefficient (Wildman–Crippen LogP) is 4.51. The van der Waals surface area contributed by atoms with Crippen molar-refractivity contribution in [2.75, 3.05) is 19.5 Å². The van der Waals surface area contributed by atoms with Crippen LogP contribution >= 0.6 is 11.6 Å². The van der Waals surface area contributed by atoms with Gasteiger partial charge in [0, 0.05) is 10.6 Å². The zero-order valence-corrected chi connectivity index (χ0v) is 17.9. The number of nitrogens with one attached hydrogen (secondary N) is 2. The van der Waals surface area contributed by atoms with Gasteiger partial charge in [0.2, 0.25) is 0 Å². The number of hydrazone groups is 1. The number of hydrogen-bond donors (Lipinski definition) is 2. The van der Waals surface area contributed by atoms with E-state index in [-0.39, 0.29) is 11.3 Å². The van der Waals surface area contributed by atoms with E-state index in [9.17, 15) is 14.0 Å². The molecule has 2 N–H and O–H groups in total. The molecule has 0 atom stereocenters. The van der Waals surface area contributed by atoms with E-state index in [1.807, 2.05) is 0 Å². The zero-order chi connectivity index (χ0) is 23.1. The van der Waals surface area contributed by atoms with Gasteiger partial charge in [0.1, 0.15) is 5.82 Å². The highest BCUT2D eigenvalue weighted by atomic mass is 35.5. The van der Waals surface area contributed by atoms with Gasteiger partial charge in [0.25, 0.3) is 11.8 Å². The molecule has 0 aliphatic heterocycles. The van der Waals surface area contributed by atoms with Crippen LogP contribution in [0.5, 0.6) is 11.5 Å². The van der Waals surface area contributed by atoms with Crippen LogP contribution in [0.1, 0.15) is 26.3 Å². The summed E-state index contributed by atoms with van der Waals surface area (Å²) >= 11 is 6.03. The lowest BCUT2D eigenvalue weighted by atomic mass is 10.1. The molecular formula is C23H19ClFN3O4. The van der Waals surface area contributed by atoms with Gasteiger partial charge in [0.05, 0.1) is 31.7 Å². The van der Waals surface area contributed by atoms with E-state index in [2.05, 4.69) is 15.8 Å². The summed E-state index contributed by atoms with van der Waals surface area (Å²) in [4.78, 5) is 25.4. The van der Waals surface area contributed by atoms with Crippen molar-refractivity contribution in [1.29, 1.82) is 0 Å². The van der Waals surface area contributed by atoms with Gasteiger partial charge in [-0.1, -0.05) is 23.7 Å². The minimum atomic E-state index is -0.609. The average molecular weight is 456 g/mol. The molecule has 3 rings (SSSR count). The maximum Gasteiger partial charge on any atom is 0.273 e. The van der Waals surface area contributed by atoms with Gasteiger partial charge in [-0.05, 0) is 54.1 Å². The van der Waals surface area contributed by atoms with Crippen molar-refractivity contribution in [3.05, 3.63) is 88.2 Å². The molecule has 164 valence electrons. The van der Waals surface area contributed by atoms with E-state index in [0.29, 0.717) is 27.6 Å². The van der Waals surface area contributed by atoms with Crippen LogP contribution in [0.25, 0.3) is 0 Å². The van der Waals surface area contributed by atoms with E-state index in [1.165, 1.54) is 56.8 Å². The Kier molecular flexibility index (Phi) is 7.41. The summed E-state index contributed by atoms with van der Waals surface area (Å²) in [6, 6.07) is 14.9. The second-order valence-corrected chi connectivity index (χ2v) is 6.90. The van der Waals surface area contributed by atoms with Gasteiger partial charge in [-0.25, -0.2) is 9.82 Å². The number of nitrogens with zero attached hydrogens (tertiary/aromatic N) is 1. The Hall–Kier alpha value is -3.91. The van der Waals surface area contributed by atoms with Crippen molar-refractivity contribution in [2.45, 2.75) is 0 Å². The summed E-state index contributed by atoms with van der Waals surface area (Å²) in [5.74, 6) is -0.628. The summed E-state index contributed by atoms with van der Waals surface area (Å²) in [6.07, 6.45) is 1.30. The second kappa shape index (κ2) is 10.4. The monoisotopic (exact) mass is 455 g/mol. The zero-order valence-electron chi connectivity index (χ0n) is 17.2. The van der Waals surface area contributed by atoms with Crippen molar-refractivity contribution in [3.8, 4) is 11.5 Å². The number of hydrogen-bond acceptors (Lipinski definition) is 5. The van der Waals surface area contributed by atoms with E-state index < -0.39 is 17.6 Å². The molecule has 0 radical (unpaired) electrons. The molecule has 0 aromatic heterocycles. The van der Waals surface area contributed by atoms with Crippen molar-refractivity contribution < 1.29 is 23.5 Å². The Bertz CT molecular complexity index is 1180. The number of halogens is 2. The largest absolute Gasteiger partial charge is 0.493 e. The second-order valence-electron chi connectivity index (χ2n) is 6.47.